The van der Waals surface area contributed by atoms with Crippen LogP contribution in [0.15, 0.2) is 88.5 Å². The summed E-state index contributed by atoms with van der Waals surface area (Å²) >= 11 is 5.23. The topological polar surface area (TPSA) is 54.5 Å². The van der Waals surface area contributed by atoms with Gasteiger partial charge in [-0.2, -0.15) is 5.26 Å². The van der Waals surface area contributed by atoms with Crippen molar-refractivity contribution in [3.8, 4) is 17.5 Å². The molecule has 1 aromatic heterocycles. The van der Waals surface area contributed by atoms with Gasteiger partial charge in [0, 0.05) is 15.8 Å². The van der Waals surface area contributed by atoms with E-state index in [9.17, 15) is 5.26 Å². The maximum absolute atomic E-state index is 9.35. The number of hydrogen-bond donors (Lipinski definition) is 0. The Morgan fingerprint density at radius 1 is 0.897 bits per heavy atom. The minimum absolute atomic E-state index is 0.659. The highest BCUT2D eigenvalue weighted by molar-refractivity contribution is 9.10. The van der Waals surface area contributed by atoms with Crippen molar-refractivity contribution < 1.29 is 0 Å². The lowest BCUT2D eigenvalue weighted by atomic mass is 10.1. The highest BCUT2D eigenvalue weighted by Crippen LogP contribution is 2.31. The average molecular weight is 461 g/mol. The normalized spacial score (nSPS) is 10.6. The van der Waals surface area contributed by atoms with E-state index in [0.29, 0.717) is 17.9 Å². The number of nitrogens with zero attached hydrogens (tertiary/aromatic N) is 4. The van der Waals surface area contributed by atoms with Crippen LogP contribution in [-0.2, 0) is 12.3 Å². The molecular formula is C23H17BrN4S. The van der Waals surface area contributed by atoms with Gasteiger partial charge < -0.3 is 0 Å². The fourth-order valence-corrected chi connectivity index (χ4v) is 4.45. The second-order valence-corrected chi connectivity index (χ2v) is 8.21. The molecule has 142 valence electrons. The van der Waals surface area contributed by atoms with Crippen molar-refractivity contribution in [3.05, 3.63) is 100 Å². The number of nitriles is 1. The van der Waals surface area contributed by atoms with Gasteiger partial charge in [0.1, 0.15) is 0 Å². The molecule has 4 aromatic rings. The van der Waals surface area contributed by atoms with Crippen molar-refractivity contribution in [3.63, 3.8) is 0 Å². The summed E-state index contributed by atoms with van der Waals surface area (Å²) in [6.45, 7) is 0.673. The van der Waals surface area contributed by atoms with Crippen LogP contribution in [0.1, 0.15) is 16.7 Å². The third-order valence-corrected chi connectivity index (χ3v) is 6.22. The van der Waals surface area contributed by atoms with Crippen LogP contribution >= 0.6 is 27.7 Å². The number of halogens is 1. The smallest absolute Gasteiger partial charge is 0.192 e. The Bertz CT molecular complexity index is 1160. The summed E-state index contributed by atoms with van der Waals surface area (Å²) < 4.78 is 3.11. The number of aromatic nitrogens is 3. The third-order valence-electron chi connectivity index (χ3n) is 4.51. The maximum atomic E-state index is 9.35. The van der Waals surface area contributed by atoms with Crippen molar-refractivity contribution in [2.45, 2.75) is 17.5 Å². The molecular weight excluding hydrogens is 444 g/mol. The van der Waals surface area contributed by atoms with Crippen molar-refractivity contribution in [2.24, 2.45) is 0 Å². The third kappa shape index (κ3) is 4.42. The second-order valence-electron chi connectivity index (χ2n) is 6.42. The van der Waals surface area contributed by atoms with E-state index in [1.807, 2.05) is 66.7 Å². The molecule has 4 rings (SSSR count). The lowest BCUT2D eigenvalue weighted by Gasteiger charge is -2.12. The first kappa shape index (κ1) is 19.4. The van der Waals surface area contributed by atoms with E-state index < -0.39 is 0 Å². The molecule has 0 aliphatic rings. The summed E-state index contributed by atoms with van der Waals surface area (Å²) in [4.78, 5) is 0. The highest BCUT2D eigenvalue weighted by Gasteiger charge is 2.17. The summed E-state index contributed by atoms with van der Waals surface area (Å²) in [5.41, 5.74) is 3.87. The van der Waals surface area contributed by atoms with Gasteiger partial charge >= 0.3 is 0 Å². The first-order valence-electron chi connectivity index (χ1n) is 9.09. The Kier molecular flexibility index (Phi) is 6.09. The van der Waals surface area contributed by atoms with Gasteiger partial charge in [0.05, 0.1) is 18.2 Å². The summed E-state index contributed by atoms with van der Waals surface area (Å²) in [7, 11) is 0. The first-order chi connectivity index (χ1) is 14.3. The molecule has 3 aromatic carbocycles. The van der Waals surface area contributed by atoms with E-state index in [1.165, 1.54) is 5.56 Å². The Morgan fingerprint density at radius 2 is 1.62 bits per heavy atom. The Labute approximate surface area is 182 Å². The number of rotatable bonds is 6. The van der Waals surface area contributed by atoms with Crippen LogP contribution in [0.2, 0.25) is 0 Å². The predicted molar refractivity (Wildman–Crippen MR) is 119 cm³/mol. The molecule has 0 fully saturated rings. The van der Waals surface area contributed by atoms with Gasteiger partial charge in [0.2, 0.25) is 0 Å². The van der Waals surface area contributed by atoms with Gasteiger partial charge in [-0.05, 0) is 23.3 Å². The molecule has 29 heavy (non-hydrogen) atoms. The van der Waals surface area contributed by atoms with Gasteiger partial charge in [-0.15, -0.1) is 10.2 Å². The van der Waals surface area contributed by atoms with E-state index in [-0.39, 0.29) is 0 Å². The molecule has 1 heterocycles. The lowest BCUT2D eigenvalue weighted by Crippen LogP contribution is -2.04. The van der Waals surface area contributed by atoms with Crippen molar-refractivity contribution in [1.82, 2.24) is 14.8 Å². The Hall–Kier alpha value is -2.88. The van der Waals surface area contributed by atoms with Gasteiger partial charge in [0.15, 0.2) is 11.0 Å². The van der Waals surface area contributed by atoms with Crippen LogP contribution in [0.5, 0.6) is 0 Å². The Morgan fingerprint density at radius 3 is 2.41 bits per heavy atom. The predicted octanol–water partition coefficient (Wildman–Crippen LogP) is 5.92. The largest absolute Gasteiger partial charge is 0.298 e. The van der Waals surface area contributed by atoms with E-state index in [2.05, 4.69) is 48.9 Å². The summed E-state index contributed by atoms with van der Waals surface area (Å²) in [6, 6.07) is 28.2. The quantitative estimate of drug-likeness (QED) is 0.335. The molecule has 0 N–H and O–H groups in total. The molecule has 0 radical (unpaired) electrons. The van der Waals surface area contributed by atoms with Crippen LogP contribution in [0.3, 0.4) is 0 Å². The van der Waals surface area contributed by atoms with Crippen molar-refractivity contribution >= 4 is 27.7 Å². The molecule has 0 atom stereocenters. The summed E-state index contributed by atoms with van der Waals surface area (Å²) in [5, 5.41) is 19.1. The summed E-state index contributed by atoms with van der Waals surface area (Å²) in [5.74, 6) is 1.48. The van der Waals surface area contributed by atoms with Crippen molar-refractivity contribution in [1.29, 1.82) is 5.26 Å². The molecule has 0 aliphatic heterocycles. The molecule has 4 nitrogen and oxygen atoms in total. The van der Waals surface area contributed by atoms with E-state index in [4.69, 9.17) is 0 Å². The van der Waals surface area contributed by atoms with E-state index in [0.717, 1.165) is 26.6 Å². The molecule has 6 heteroatoms. The van der Waals surface area contributed by atoms with E-state index >= 15 is 0 Å². The molecule has 0 saturated heterocycles. The van der Waals surface area contributed by atoms with Gasteiger partial charge in [-0.1, -0.05) is 94.4 Å². The highest BCUT2D eigenvalue weighted by atomic mass is 79.9. The minimum Gasteiger partial charge on any atom is -0.298 e. The van der Waals surface area contributed by atoms with Gasteiger partial charge in [0.25, 0.3) is 0 Å². The minimum atomic E-state index is 0.659. The molecule has 0 bridgehead atoms. The molecule has 0 amide bonds. The van der Waals surface area contributed by atoms with Gasteiger partial charge in [-0.3, -0.25) is 4.57 Å². The average Bonchev–Trinajstić information content (AvgIpc) is 3.15. The SMILES string of the molecule is N#Cc1ccccc1CSc1nnc(-c2ccccc2Br)n1Cc1ccccc1. The Balaban J connectivity index is 1.70. The number of hydrogen-bond acceptors (Lipinski definition) is 4. The zero-order valence-electron chi connectivity index (χ0n) is 15.5. The molecule has 0 spiro atoms. The summed E-state index contributed by atoms with van der Waals surface area (Å²) in [6.07, 6.45) is 0. The molecule has 0 unspecified atom stereocenters. The number of benzene rings is 3. The molecule has 0 aliphatic carbocycles. The fourth-order valence-electron chi connectivity index (χ4n) is 3.04. The second kappa shape index (κ2) is 9.08. The van der Waals surface area contributed by atoms with Crippen LogP contribution < -0.4 is 0 Å². The van der Waals surface area contributed by atoms with Crippen LogP contribution in [0.25, 0.3) is 11.4 Å². The number of thioether (sulfide) groups is 1. The van der Waals surface area contributed by atoms with Crippen molar-refractivity contribution in [2.75, 3.05) is 0 Å². The standard InChI is InChI=1S/C23H17BrN4S/c24-21-13-7-6-12-20(21)22-26-27-23(28(22)15-17-8-2-1-3-9-17)29-16-19-11-5-4-10-18(19)14-25/h1-13H,15-16H2. The molecule has 0 saturated carbocycles. The zero-order valence-corrected chi connectivity index (χ0v) is 17.9. The first-order valence-corrected chi connectivity index (χ1v) is 10.9. The maximum Gasteiger partial charge on any atom is 0.192 e. The van der Waals surface area contributed by atoms with Crippen LogP contribution in [-0.4, -0.2) is 14.8 Å². The van der Waals surface area contributed by atoms with Crippen LogP contribution in [0.4, 0.5) is 0 Å². The van der Waals surface area contributed by atoms with Crippen LogP contribution in [0, 0.1) is 11.3 Å². The zero-order chi connectivity index (χ0) is 20.1. The van der Waals surface area contributed by atoms with Gasteiger partial charge in [-0.25, -0.2) is 0 Å². The lowest BCUT2D eigenvalue weighted by molar-refractivity contribution is 0.714. The fraction of sp³-hybridized carbons (Fsp3) is 0.0870. The van der Waals surface area contributed by atoms with E-state index in [1.54, 1.807) is 11.8 Å². The monoisotopic (exact) mass is 460 g/mol.